The quantitative estimate of drug-likeness (QED) is 0.219. The van der Waals surface area contributed by atoms with Gasteiger partial charge in [-0.2, -0.15) is 4.98 Å². The summed E-state index contributed by atoms with van der Waals surface area (Å²) < 4.78 is 25.4. The maximum Gasteiger partial charge on any atom is 0.229 e. The molecule has 0 saturated carbocycles. The molecule has 0 saturated heterocycles. The Hall–Kier alpha value is -4.15. The monoisotopic (exact) mass is 577 g/mol. The van der Waals surface area contributed by atoms with Gasteiger partial charge < -0.3 is 20.1 Å². The summed E-state index contributed by atoms with van der Waals surface area (Å²) in [6, 6.07) is 25.6. The van der Waals surface area contributed by atoms with Crippen molar-refractivity contribution in [2.24, 2.45) is 7.05 Å². The predicted molar refractivity (Wildman–Crippen MR) is 165 cm³/mol. The van der Waals surface area contributed by atoms with Crippen molar-refractivity contribution >= 4 is 62.4 Å². The van der Waals surface area contributed by atoms with Crippen molar-refractivity contribution < 1.29 is 8.42 Å². The Balaban J connectivity index is 0.00000370. The van der Waals surface area contributed by atoms with Crippen molar-refractivity contribution in [1.82, 2.24) is 19.5 Å². The number of hydrogen-bond acceptors (Lipinski definition) is 8. The van der Waals surface area contributed by atoms with E-state index in [-0.39, 0.29) is 24.2 Å². The highest BCUT2D eigenvalue weighted by Crippen LogP contribution is 2.29. The van der Waals surface area contributed by atoms with Crippen LogP contribution in [0.1, 0.15) is 24.1 Å². The van der Waals surface area contributed by atoms with Crippen molar-refractivity contribution in [2.45, 2.75) is 18.7 Å². The van der Waals surface area contributed by atoms with Crippen LogP contribution >= 0.6 is 12.4 Å². The summed E-state index contributed by atoms with van der Waals surface area (Å²) in [6.07, 6.45) is 2.91. The van der Waals surface area contributed by atoms with E-state index in [0.29, 0.717) is 17.3 Å². The van der Waals surface area contributed by atoms with E-state index in [0.717, 1.165) is 28.4 Å². The fraction of sp³-hybridized carbons (Fsp3) is 0.207. The number of aryl methyl sites for hydroxylation is 1. The lowest BCUT2D eigenvalue weighted by Crippen LogP contribution is -2.12. The minimum Gasteiger partial charge on any atom is -0.349 e. The third kappa shape index (κ3) is 6.70. The van der Waals surface area contributed by atoms with Crippen LogP contribution in [0.2, 0.25) is 0 Å². The summed E-state index contributed by atoms with van der Waals surface area (Å²) in [5.74, 6) is 1.89. The normalized spacial score (nSPS) is 12.0. The molecule has 11 heteroatoms. The van der Waals surface area contributed by atoms with Gasteiger partial charge in [0.25, 0.3) is 0 Å². The predicted octanol–water partition coefficient (Wildman–Crippen LogP) is 6.01. The fourth-order valence-electron chi connectivity index (χ4n) is 4.44. The lowest BCUT2D eigenvalue weighted by atomic mass is 10.1. The Labute approximate surface area is 240 Å². The molecular weight excluding hydrogens is 546 g/mol. The van der Waals surface area contributed by atoms with Crippen LogP contribution in [-0.2, 0) is 22.6 Å². The number of rotatable bonds is 9. The number of imidazole rings is 1. The minimum absolute atomic E-state index is 0. The van der Waals surface area contributed by atoms with Gasteiger partial charge in [-0.1, -0.05) is 42.5 Å². The van der Waals surface area contributed by atoms with Gasteiger partial charge in [-0.15, -0.1) is 12.4 Å². The molecule has 40 heavy (non-hydrogen) atoms. The number of aromatic nitrogens is 4. The number of fused-ring (bicyclic) bond motifs is 1. The first-order chi connectivity index (χ1) is 18.7. The molecule has 1 atom stereocenters. The molecule has 0 spiro atoms. The van der Waals surface area contributed by atoms with Crippen LogP contribution in [0.25, 0.3) is 11.0 Å². The number of sulfone groups is 1. The molecular formula is C29H32ClN7O2S. The first-order valence-electron chi connectivity index (χ1n) is 12.5. The van der Waals surface area contributed by atoms with Gasteiger partial charge in [0.05, 0.1) is 22.8 Å². The van der Waals surface area contributed by atoms with Crippen LogP contribution < -0.4 is 15.5 Å². The van der Waals surface area contributed by atoms with Crippen LogP contribution in [0.15, 0.2) is 85.1 Å². The molecule has 9 nitrogen and oxygen atoms in total. The van der Waals surface area contributed by atoms with E-state index < -0.39 is 9.84 Å². The third-order valence-electron chi connectivity index (χ3n) is 6.49. The maximum absolute atomic E-state index is 11.7. The van der Waals surface area contributed by atoms with Gasteiger partial charge in [-0.3, -0.25) is 0 Å². The van der Waals surface area contributed by atoms with Crippen molar-refractivity contribution in [3.8, 4) is 0 Å². The zero-order valence-electron chi connectivity index (χ0n) is 22.7. The summed E-state index contributed by atoms with van der Waals surface area (Å²) in [5, 5.41) is 6.70. The first-order valence-corrected chi connectivity index (χ1v) is 14.6. The van der Waals surface area contributed by atoms with Crippen molar-refractivity contribution in [3.63, 3.8) is 0 Å². The molecule has 0 aliphatic carbocycles. The highest BCUT2D eigenvalue weighted by atomic mass is 35.5. The smallest absolute Gasteiger partial charge is 0.229 e. The van der Waals surface area contributed by atoms with Gasteiger partial charge in [-0.05, 0) is 54.4 Å². The molecule has 0 aliphatic rings. The van der Waals surface area contributed by atoms with E-state index in [1.807, 2.05) is 67.5 Å². The Morgan fingerprint density at radius 1 is 0.975 bits per heavy atom. The molecule has 2 heterocycles. The molecule has 5 aromatic rings. The lowest BCUT2D eigenvalue weighted by Gasteiger charge is -2.19. The summed E-state index contributed by atoms with van der Waals surface area (Å²) in [5.41, 5.74) is 5.44. The number of anilines is 5. The van der Waals surface area contributed by atoms with E-state index in [4.69, 9.17) is 4.98 Å². The standard InChI is InChI=1S/C29H31N7O2S.ClH/c1-20(22-10-6-5-7-11-22)31-29-33-25-18-24(13-14-26(25)36(29)3)35(2)27-15-16-30-28(34-27)32-23-12-8-9-21(17-23)19-39(4,37)38;/h5-18,20H,19H2,1-4H3,(H,31,33)(H,30,32,34);1H. The first kappa shape index (κ1) is 28.8. The van der Waals surface area contributed by atoms with Gasteiger partial charge in [0.15, 0.2) is 9.84 Å². The number of nitrogens with zero attached hydrogens (tertiary/aromatic N) is 5. The van der Waals surface area contributed by atoms with E-state index in [2.05, 4.69) is 50.3 Å². The number of nitrogens with one attached hydrogen (secondary N) is 2. The van der Waals surface area contributed by atoms with Gasteiger partial charge in [0.1, 0.15) is 5.82 Å². The second-order valence-electron chi connectivity index (χ2n) is 9.64. The SMILES string of the molecule is CC(Nc1nc2cc(N(C)c3ccnc(Nc4cccc(CS(C)(=O)=O)c4)n3)ccc2n1C)c1ccccc1.Cl. The number of halogens is 1. The molecule has 208 valence electrons. The lowest BCUT2D eigenvalue weighted by molar-refractivity contribution is 0.601. The summed E-state index contributed by atoms with van der Waals surface area (Å²) in [4.78, 5) is 15.8. The zero-order chi connectivity index (χ0) is 27.6. The van der Waals surface area contributed by atoms with Crippen LogP contribution in [0, 0.1) is 0 Å². The van der Waals surface area contributed by atoms with Crippen molar-refractivity contribution in [3.05, 3.63) is 96.2 Å². The van der Waals surface area contributed by atoms with E-state index >= 15 is 0 Å². The topological polar surface area (TPSA) is 105 Å². The van der Waals surface area contributed by atoms with Gasteiger partial charge in [-0.25, -0.2) is 18.4 Å². The molecule has 0 fully saturated rings. The molecule has 0 bridgehead atoms. The van der Waals surface area contributed by atoms with Crippen LogP contribution in [-0.4, -0.2) is 41.2 Å². The number of hydrogen-bond donors (Lipinski definition) is 2. The van der Waals surface area contributed by atoms with Gasteiger partial charge in [0.2, 0.25) is 11.9 Å². The summed E-state index contributed by atoms with van der Waals surface area (Å²) >= 11 is 0. The Kier molecular flexibility index (Phi) is 8.61. The molecule has 0 amide bonds. The molecule has 2 aromatic heterocycles. The largest absolute Gasteiger partial charge is 0.349 e. The maximum atomic E-state index is 11.7. The second-order valence-corrected chi connectivity index (χ2v) is 11.8. The third-order valence-corrected chi connectivity index (χ3v) is 7.35. The minimum atomic E-state index is -3.13. The molecule has 2 N–H and O–H groups in total. The van der Waals surface area contributed by atoms with Crippen LogP contribution in [0.4, 0.5) is 29.1 Å². The summed E-state index contributed by atoms with van der Waals surface area (Å²) in [6.45, 7) is 2.12. The van der Waals surface area contributed by atoms with E-state index in [9.17, 15) is 8.42 Å². The Morgan fingerprint density at radius 2 is 1.75 bits per heavy atom. The Bertz CT molecular complexity index is 1730. The van der Waals surface area contributed by atoms with Gasteiger partial charge >= 0.3 is 0 Å². The zero-order valence-corrected chi connectivity index (χ0v) is 24.4. The Morgan fingerprint density at radius 3 is 2.50 bits per heavy atom. The molecule has 5 rings (SSSR count). The summed E-state index contributed by atoms with van der Waals surface area (Å²) in [7, 11) is 0.822. The highest BCUT2D eigenvalue weighted by molar-refractivity contribution is 7.89. The van der Waals surface area contributed by atoms with Gasteiger partial charge in [0, 0.05) is 37.9 Å². The van der Waals surface area contributed by atoms with Crippen molar-refractivity contribution in [1.29, 1.82) is 0 Å². The highest BCUT2D eigenvalue weighted by Gasteiger charge is 2.14. The molecule has 0 aliphatic heterocycles. The fourth-order valence-corrected chi connectivity index (χ4v) is 5.23. The molecule has 0 radical (unpaired) electrons. The van der Waals surface area contributed by atoms with Crippen LogP contribution in [0.5, 0.6) is 0 Å². The van der Waals surface area contributed by atoms with Crippen LogP contribution in [0.3, 0.4) is 0 Å². The molecule has 3 aromatic carbocycles. The van der Waals surface area contributed by atoms with E-state index in [1.54, 1.807) is 18.3 Å². The number of benzene rings is 3. The average Bonchev–Trinajstić information content (AvgIpc) is 3.22. The second kappa shape index (κ2) is 11.9. The van der Waals surface area contributed by atoms with Crippen molar-refractivity contribution in [2.75, 3.05) is 28.8 Å². The average molecular weight is 578 g/mol. The van der Waals surface area contributed by atoms with E-state index in [1.165, 1.54) is 11.8 Å². The molecule has 1 unspecified atom stereocenters.